The molecule has 0 aliphatic heterocycles. The number of carbonyl (C=O) groups excluding carboxylic acids is 1. The highest BCUT2D eigenvalue weighted by Gasteiger charge is 2.13. The zero-order chi connectivity index (χ0) is 19.4. The van der Waals surface area contributed by atoms with Crippen molar-refractivity contribution in [2.24, 2.45) is 0 Å². The van der Waals surface area contributed by atoms with E-state index in [1.165, 1.54) is 19.4 Å². The molecule has 8 heteroatoms. The number of hydrogen-bond acceptors (Lipinski definition) is 5. The Hall–Kier alpha value is -3.55. The fraction of sp³-hybridized carbons (Fsp3) is 0.105. The molecule has 0 aliphatic rings. The minimum absolute atomic E-state index is 0.0165. The van der Waals surface area contributed by atoms with Gasteiger partial charge in [0.25, 0.3) is 5.91 Å². The van der Waals surface area contributed by atoms with Gasteiger partial charge < -0.3 is 15.4 Å². The van der Waals surface area contributed by atoms with E-state index in [9.17, 15) is 13.6 Å². The van der Waals surface area contributed by atoms with Gasteiger partial charge in [-0.2, -0.15) is 0 Å². The lowest BCUT2D eigenvalue weighted by Crippen LogP contribution is -2.15. The molecule has 138 valence electrons. The molecule has 0 atom stereocenters. The Bertz CT molecular complexity index is 995. The van der Waals surface area contributed by atoms with Crippen molar-refractivity contribution in [3.63, 3.8) is 0 Å². The van der Waals surface area contributed by atoms with Crippen LogP contribution >= 0.6 is 0 Å². The second kappa shape index (κ2) is 7.77. The maximum Gasteiger partial charge on any atom is 0.274 e. The second-order valence-corrected chi connectivity index (χ2v) is 5.67. The van der Waals surface area contributed by atoms with Gasteiger partial charge >= 0.3 is 0 Å². The summed E-state index contributed by atoms with van der Waals surface area (Å²) in [7, 11) is 1.54. The van der Waals surface area contributed by atoms with Crippen LogP contribution in [0.1, 0.15) is 16.1 Å². The van der Waals surface area contributed by atoms with Crippen molar-refractivity contribution in [2.75, 3.05) is 17.7 Å². The van der Waals surface area contributed by atoms with Crippen LogP contribution in [0.3, 0.4) is 0 Å². The summed E-state index contributed by atoms with van der Waals surface area (Å²) in [5, 5.41) is 5.34. The van der Waals surface area contributed by atoms with E-state index in [0.717, 1.165) is 17.7 Å². The lowest BCUT2D eigenvalue weighted by atomic mass is 10.2. The SMILES string of the molecule is COc1ccc(C)cc1Nc1nccc(C(=O)Nc2ccc(F)cc2F)n1. The number of nitrogens with zero attached hydrogens (tertiary/aromatic N) is 2. The molecule has 3 rings (SSSR count). The molecule has 2 aromatic carbocycles. The van der Waals surface area contributed by atoms with E-state index in [-0.39, 0.29) is 17.3 Å². The van der Waals surface area contributed by atoms with Gasteiger partial charge in [-0.1, -0.05) is 6.07 Å². The standard InChI is InChI=1S/C19H16F2N4O2/c1-11-3-6-17(27-2)16(9-11)25-19-22-8-7-15(24-19)18(26)23-14-5-4-12(20)10-13(14)21/h3-10H,1-2H3,(H,23,26)(H,22,24,25). The minimum atomic E-state index is -0.875. The second-order valence-electron chi connectivity index (χ2n) is 5.67. The van der Waals surface area contributed by atoms with Crippen LogP contribution in [-0.2, 0) is 0 Å². The third-order valence-corrected chi connectivity index (χ3v) is 3.67. The van der Waals surface area contributed by atoms with Crippen molar-refractivity contribution < 1.29 is 18.3 Å². The number of nitrogens with one attached hydrogen (secondary N) is 2. The summed E-state index contributed by atoms with van der Waals surface area (Å²) in [6.07, 6.45) is 1.40. The molecule has 0 spiro atoms. The van der Waals surface area contributed by atoms with Gasteiger partial charge in [0.1, 0.15) is 23.1 Å². The number of methoxy groups -OCH3 is 1. The van der Waals surface area contributed by atoms with Gasteiger partial charge in [0, 0.05) is 12.3 Å². The fourth-order valence-corrected chi connectivity index (χ4v) is 2.36. The highest BCUT2D eigenvalue weighted by molar-refractivity contribution is 6.03. The summed E-state index contributed by atoms with van der Waals surface area (Å²) >= 11 is 0. The normalized spacial score (nSPS) is 10.4. The maximum absolute atomic E-state index is 13.7. The van der Waals surface area contributed by atoms with Crippen molar-refractivity contribution in [1.82, 2.24) is 9.97 Å². The van der Waals surface area contributed by atoms with Crippen LogP contribution in [0.25, 0.3) is 0 Å². The van der Waals surface area contributed by atoms with E-state index in [4.69, 9.17) is 4.74 Å². The van der Waals surface area contributed by atoms with Gasteiger partial charge in [0.05, 0.1) is 18.5 Å². The predicted molar refractivity (Wildman–Crippen MR) is 97.4 cm³/mol. The Labute approximate surface area is 154 Å². The molecule has 0 unspecified atom stereocenters. The molecule has 1 heterocycles. The van der Waals surface area contributed by atoms with E-state index < -0.39 is 17.5 Å². The molecule has 0 radical (unpaired) electrons. The number of rotatable bonds is 5. The lowest BCUT2D eigenvalue weighted by molar-refractivity contribution is 0.102. The molecule has 27 heavy (non-hydrogen) atoms. The van der Waals surface area contributed by atoms with Gasteiger partial charge in [-0.15, -0.1) is 0 Å². The van der Waals surface area contributed by atoms with Crippen LogP contribution in [0, 0.1) is 18.6 Å². The van der Waals surface area contributed by atoms with Crippen LogP contribution in [0.5, 0.6) is 5.75 Å². The number of carbonyl (C=O) groups is 1. The zero-order valence-electron chi connectivity index (χ0n) is 14.6. The molecule has 2 N–H and O–H groups in total. The predicted octanol–water partition coefficient (Wildman–Crippen LogP) is 4.07. The molecular weight excluding hydrogens is 354 g/mol. The van der Waals surface area contributed by atoms with Crippen LogP contribution in [0.2, 0.25) is 0 Å². The van der Waals surface area contributed by atoms with Crippen LogP contribution in [0.15, 0.2) is 48.7 Å². The van der Waals surface area contributed by atoms with E-state index in [1.54, 1.807) is 6.07 Å². The molecule has 0 saturated heterocycles. The summed E-state index contributed by atoms with van der Waals surface area (Å²) in [6.45, 7) is 1.92. The van der Waals surface area contributed by atoms with E-state index in [1.807, 2.05) is 19.1 Å². The molecule has 0 bridgehead atoms. The molecular formula is C19H16F2N4O2. The molecule has 1 aromatic heterocycles. The first-order valence-corrected chi connectivity index (χ1v) is 7.97. The van der Waals surface area contributed by atoms with Crippen molar-refractivity contribution in [2.45, 2.75) is 6.92 Å². The molecule has 3 aromatic rings. The zero-order valence-corrected chi connectivity index (χ0v) is 14.6. The summed E-state index contributed by atoms with van der Waals surface area (Å²) in [5.74, 6) is -1.49. The lowest BCUT2D eigenvalue weighted by Gasteiger charge is -2.11. The fourth-order valence-electron chi connectivity index (χ4n) is 2.36. The Kier molecular flexibility index (Phi) is 5.25. The minimum Gasteiger partial charge on any atom is -0.495 e. The van der Waals surface area contributed by atoms with Gasteiger partial charge in [0.15, 0.2) is 0 Å². The van der Waals surface area contributed by atoms with Gasteiger partial charge in [-0.25, -0.2) is 18.7 Å². The van der Waals surface area contributed by atoms with Crippen molar-refractivity contribution in [1.29, 1.82) is 0 Å². The quantitative estimate of drug-likeness (QED) is 0.708. The molecule has 0 fully saturated rings. The largest absolute Gasteiger partial charge is 0.495 e. The van der Waals surface area contributed by atoms with Crippen LogP contribution in [-0.4, -0.2) is 23.0 Å². The van der Waals surface area contributed by atoms with E-state index in [0.29, 0.717) is 17.5 Å². The van der Waals surface area contributed by atoms with E-state index >= 15 is 0 Å². The molecule has 0 aliphatic carbocycles. The summed E-state index contributed by atoms with van der Waals surface area (Å²) in [6, 6.07) is 9.80. The smallest absolute Gasteiger partial charge is 0.274 e. The molecule has 6 nitrogen and oxygen atoms in total. The highest BCUT2D eigenvalue weighted by Crippen LogP contribution is 2.27. The summed E-state index contributed by atoms with van der Waals surface area (Å²) in [5.41, 5.74) is 1.51. The average Bonchev–Trinajstić information content (AvgIpc) is 2.64. The highest BCUT2D eigenvalue weighted by atomic mass is 19.1. The number of ether oxygens (including phenoxy) is 1. The number of benzene rings is 2. The van der Waals surface area contributed by atoms with Crippen LogP contribution < -0.4 is 15.4 Å². The monoisotopic (exact) mass is 370 g/mol. The van der Waals surface area contributed by atoms with Crippen LogP contribution in [0.4, 0.5) is 26.1 Å². The Morgan fingerprint density at radius 3 is 2.63 bits per heavy atom. The number of hydrogen-bond donors (Lipinski definition) is 2. The average molecular weight is 370 g/mol. The summed E-state index contributed by atoms with van der Waals surface area (Å²) in [4.78, 5) is 20.5. The van der Waals surface area contributed by atoms with Gasteiger partial charge in [0.2, 0.25) is 5.95 Å². The Morgan fingerprint density at radius 1 is 1.07 bits per heavy atom. The third-order valence-electron chi connectivity index (χ3n) is 3.67. The molecule has 0 saturated carbocycles. The number of halogens is 2. The number of amides is 1. The molecule has 1 amide bonds. The topological polar surface area (TPSA) is 76.1 Å². The van der Waals surface area contributed by atoms with Crippen molar-refractivity contribution in [3.05, 3.63) is 71.6 Å². The van der Waals surface area contributed by atoms with Crippen molar-refractivity contribution >= 4 is 23.2 Å². The first-order chi connectivity index (χ1) is 13.0. The Morgan fingerprint density at radius 2 is 1.89 bits per heavy atom. The number of aromatic nitrogens is 2. The van der Waals surface area contributed by atoms with E-state index in [2.05, 4.69) is 20.6 Å². The first kappa shape index (κ1) is 18.2. The van der Waals surface area contributed by atoms with Crippen molar-refractivity contribution in [3.8, 4) is 5.75 Å². The first-order valence-electron chi connectivity index (χ1n) is 7.97. The number of anilines is 3. The number of aryl methyl sites for hydroxylation is 1. The van der Waals surface area contributed by atoms with Gasteiger partial charge in [-0.05, 0) is 42.8 Å². The van der Waals surface area contributed by atoms with Gasteiger partial charge in [-0.3, -0.25) is 4.79 Å². The Balaban J connectivity index is 1.81. The third kappa shape index (κ3) is 4.35. The summed E-state index contributed by atoms with van der Waals surface area (Å²) < 4.78 is 31.9. The maximum atomic E-state index is 13.7.